The first-order valence-corrected chi connectivity index (χ1v) is 4.25. The highest BCUT2D eigenvalue weighted by Crippen LogP contribution is 2.27. The summed E-state index contributed by atoms with van der Waals surface area (Å²) in [6, 6.07) is 3.64. The minimum absolute atomic E-state index is 0.635. The van der Waals surface area contributed by atoms with Gasteiger partial charge in [-0.2, -0.15) is 0 Å². The fourth-order valence-electron chi connectivity index (χ4n) is 1.04. The van der Waals surface area contributed by atoms with Crippen molar-refractivity contribution in [1.29, 1.82) is 0 Å². The van der Waals surface area contributed by atoms with E-state index in [1.165, 1.54) is 0 Å². The molecule has 0 radical (unpaired) electrons. The third kappa shape index (κ3) is 2.12. The Labute approximate surface area is 82.1 Å². The number of hydrogen-bond donors (Lipinski definition) is 2. The maximum absolute atomic E-state index is 10.3. The molecule has 0 fully saturated rings. The fraction of sp³-hybridized carbons (Fsp3) is 0.222. The molecule has 0 atom stereocenters. The molecule has 0 bridgehead atoms. The van der Waals surface area contributed by atoms with Crippen molar-refractivity contribution in [3.8, 4) is 0 Å². The highest BCUT2D eigenvalue weighted by molar-refractivity contribution is 6.32. The summed E-state index contributed by atoms with van der Waals surface area (Å²) in [5.74, 6) is 0. The van der Waals surface area contributed by atoms with Crippen LogP contribution in [-0.4, -0.2) is 13.5 Å². The van der Waals surface area contributed by atoms with E-state index in [1.807, 2.05) is 19.1 Å². The average molecular weight is 199 g/mol. The van der Waals surface area contributed by atoms with Gasteiger partial charge in [-0.05, 0) is 24.6 Å². The minimum atomic E-state index is 0.635. The molecule has 4 heteroatoms. The fourth-order valence-corrected chi connectivity index (χ4v) is 1.26. The maximum atomic E-state index is 10.3. The van der Waals surface area contributed by atoms with Gasteiger partial charge in [-0.15, -0.1) is 0 Å². The molecule has 3 nitrogen and oxygen atoms in total. The summed E-state index contributed by atoms with van der Waals surface area (Å²) in [6.07, 6.45) is 0.637. The zero-order chi connectivity index (χ0) is 9.84. The first kappa shape index (κ1) is 9.86. The minimum Gasteiger partial charge on any atom is -0.388 e. The van der Waals surface area contributed by atoms with Crippen LogP contribution in [0.1, 0.15) is 5.56 Å². The molecule has 70 valence electrons. The Morgan fingerprint density at radius 1 is 1.46 bits per heavy atom. The van der Waals surface area contributed by atoms with E-state index in [1.54, 1.807) is 7.05 Å². The van der Waals surface area contributed by atoms with Crippen molar-refractivity contribution in [3.63, 3.8) is 0 Å². The van der Waals surface area contributed by atoms with Crippen LogP contribution in [-0.2, 0) is 4.79 Å². The van der Waals surface area contributed by atoms with Crippen molar-refractivity contribution >= 4 is 29.4 Å². The van der Waals surface area contributed by atoms with Crippen LogP contribution in [0.5, 0.6) is 0 Å². The van der Waals surface area contributed by atoms with Crippen molar-refractivity contribution in [2.75, 3.05) is 17.7 Å². The van der Waals surface area contributed by atoms with E-state index in [0.29, 0.717) is 11.4 Å². The molecule has 0 aromatic heterocycles. The summed E-state index contributed by atoms with van der Waals surface area (Å²) in [5.41, 5.74) is 2.47. The van der Waals surface area contributed by atoms with Crippen molar-refractivity contribution in [1.82, 2.24) is 0 Å². The van der Waals surface area contributed by atoms with Gasteiger partial charge in [0.1, 0.15) is 0 Å². The van der Waals surface area contributed by atoms with Gasteiger partial charge in [0.2, 0.25) is 6.41 Å². The van der Waals surface area contributed by atoms with Gasteiger partial charge in [-0.25, -0.2) is 0 Å². The van der Waals surface area contributed by atoms with Gasteiger partial charge in [0.25, 0.3) is 0 Å². The Kier molecular flexibility index (Phi) is 3.14. The van der Waals surface area contributed by atoms with E-state index in [4.69, 9.17) is 11.6 Å². The zero-order valence-electron chi connectivity index (χ0n) is 7.52. The van der Waals surface area contributed by atoms with E-state index in [0.717, 1.165) is 16.9 Å². The summed E-state index contributed by atoms with van der Waals surface area (Å²) >= 11 is 5.94. The van der Waals surface area contributed by atoms with Crippen LogP contribution in [0, 0.1) is 6.92 Å². The molecule has 1 rings (SSSR count). The Morgan fingerprint density at radius 3 is 2.69 bits per heavy atom. The molecule has 1 aromatic rings. The lowest BCUT2D eigenvalue weighted by Gasteiger charge is -2.09. The molecule has 0 unspecified atom stereocenters. The lowest BCUT2D eigenvalue weighted by molar-refractivity contribution is -0.105. The smallest absolute Gasteiger partial charge is 0.211 e. The third-order valence-corrected chi connectivity index (χ3v) is 2.24. The molecular formula is C9H11ClN2O. The lowest BCUT2D eigenvalue weighted by Crippen LogP contribution is -1.98. The number of halogens is 1. The number of nitrogens with one attached hydrogen (secondary N) is 2. The Hall–Kier alpha value is -1.22. The second-order valence-electron chi connectivity index (χ2n) is 2.64. The quantitative estimate of drug-likeness (QED) is 0.732. The molecule has 13 heavy (non-hydrogen) atoms. The molecule has 1 amide bonds. The van der Waals surface area contributed by atoms with Gasteiger partial charge < -0.3 is 10.6 Å². The summed E-state index contributed by atoms with van der Waals surface area (Å²) in [7, 11) is 1.80. The summed E-state index contributed by atoms with van der Waals surface area (Å²) < 4.78 is 0. The Morgan fingerprint density at radius 2 is 2.15 bits per heavy atom. The summed E-state index contributed by atoms with van der Waals surface area (Å²) in [6.45, 7) is 1.85. The standard InChI is InChI=1S/C9H11ClN2O/c1-6-8(10)3-7(11-2)4-9(6)12-5-13/h3-5,11H,1-2H3,(H,12,13). The molecule has 0 saturated heterocycles. The zero-order valence-corrected chi connectivity index (χ0v) is 8.27. The van der Waals surface area contributed by atoms with Gasteiger partial charge in [0.05, 0.1) is 0 Å². The maximum Gasteiger partial charge on any atom is 0.211 e. The predicted molar refractivity (Wildman–Crippen MR) is 55.4 cm³/mol. The highest BCUT2D eigenvalue weighted by atomic mass is 35.5. The average Bonchev–Trinajstić information content (AvgIpc) is 2.13. The van der Waals surface area contributed by atoms with Gasteiger partial charge in [0.15, 0.2) is 0 Å². The Bertz CT molecular complexity index is 326. The first-order valence-electron chi connectivity index (χ1n) is 3.87. The predicted octanol–water partition coefficient (Wildman–Crippen LogP) is 2.26. The highest BCUT2D eigenvalue weighted by Gasteiger charge is 2.03. The molecule has 2 N–H and O–H groups in total. The van der Waals surface area contributed by atoms with Crippen LogP contribution in [0.4, 0.5) is 11.4 Å². The monoisotopic (exact) mass is 198 g/mol. The molecule has 0 aliphatic heterocycles. The van der Waals surface area contributed by atoms with Gasteiger partial charge in [0, 0.05) is 23.4 Å². The van der Waals surface area contributed by atoms with Crippen LogP contribution in [0.2, 0.25) is 5.02 Å². The molecule has 0 heterocycles. The van der Waals surface area contributed by atoms with Crippen molar-refractivity contribution in [2.24, 2.45) is 0 Å². The van der Waals surface area contributed by atoms with Crippen LogP contribution in [0.25, 0.3) is 0 Å². The first-order chi connectivity index (χ1) is 6.19. The van der Waals surface area contributed by atoms with E-state index in [-0.39, 0.29) is 0 Å². The van der Waals surface area contributed by atoms with E-state index in [9.17, 15) is 4.79 Å². The molecule has 0 saturated carbocycles. The van der Waals surface area contributed by atoms with E-state index < -0.39 is 0 Å². The SMILES string of the molecule is CNc1cc(Cl)c(C)c(NC=O)c1. The third-order valence-electron chi connectivity index (χ3n) is 1.85. The normalized spacial score (nSPS) is 9.46. The summed E-state index contributed by atoms with van der Waals surface area (Å²) in [4.78, 5) is 10.3. The number of carbonyl (C=O) groups excluding carboxylic acids is 1. The second kappa shape index (κ2) is 4.14. The molecule has 0 aliphatic carbocycles. The number of rotatable bonds is 3. The van der Waals surface area contributed by atoms with Gasteiger partial charge >= 0.3 is 0 Å². The van der Waals surface area contributed by atoms with Crippen molar-refractivity contribution in [3.05, 3.63) is 22.7 Å². The van der Waals surface area contributed by atoms with Gasteiger partial charge in [-0.3, -0.25) is 4.79 Å². The van der Waals surface area contributed by atoms with E-state index in [2.05, 4.69) is 10.6 Å². The number of benzene rings is 1. The topological polar surface area (TPSA) is 41.1 Å². The molecule has 0 spiro atoms. The molecular weight excluding hydrogens is 188 g/mol. The lowest BCUT2D eigenvalue weighted by atomic mass is 10.2. The van der Waals surface area contributed by atoms with Gasteiger partial charge in [-0.1, -0.05) is 11.6 Å². The molecule has 1 aromatic carbocycles. The van der Waals surface area contributed by atoms with Crippen molar-refractivity contribution < 1.29 is 4.79 Å². The van der Waals surface area contributed by atoms with Crippen LogP contribution in [0.3, 0.4) is 0 Å². The molecule has 0 aliphatic rings. The summed E-state index contributed by atoms with van der Waals surface area (Å²) in [5, 5.41) is 6.18. The van der Waals surface area contributed by atoms with Crippen molar-refractivity contribution in [2.45, 2.75) is 6.92 Å². The second-order valence-corrected chi connectivity index (χ2v) is 3.05. The Balaban J connectivity index is 3.15. The van der Waals surface area contributed by atoms with Crippen LogP contribution >= 0.6 is 11.6 Å². The number of hydrogen-bond acceptors (Lipinski definition) is 2. The number of anilines is 2. The van der Waals surface area contributed by atoms with Crippen LogP contribution in [0.15, 0.2) is 12.1 Å². The number of carbonyl (C=O) groups is 1. The van der Waals surface area contributed by atoms with Crippen LogP contribution < -0.4 is 10.6 Å². The number of amides is 1. The largest absolute Gasteiger partial charge is 0.388 e. The van der Waals surface area contributed by atoms with E-state index >= 15 is 0 Å².